The maximum absolute atomic E-state index is 10.2. The van der Waals surface area contributed by atoms with Crippen LogP contribution in [0.4, 0.5) is 0 Å². The van der Waals surface area contributed by atoms with Gasteiger partial charge < -0.3 is 15.2 Å². The first kappa shape index (κ1) is 11.3. The first-order valence-electron chi connectivity index (χ1n) is 3.68. The minimum absolute atomic E-state index is 0.118. The molecule has 5 heteroatoms. The van der Waals surface area contributed by atoms with Gasteiger partial charge in [0.1, 0.15) is 0 Å². The summed E-state index contributed by atoms with van der Waals surface area (Å²) in [5.74, 6) is -1.07. The van der Waals surface area contributed by atoms with Gasteiger partial charge in [-0.2, -0.15) is 0 Å². The van der Waals surface area contributed by atoms with E-state index in [4.69, 9.17) is 9.84 Å². The van der Waals surface area contributed by atoms with Gasteiger partial charge >= 0.3 is 5.97 Å². The predicted octanol–water partition coefficient (Wildman–Crippen LogP) is 0.415. The van der Waals surface area contributed by atoms with Crippen LogP contribution in [0.5, 0.6) is 0 Å². The summed E-state index contributed by atoms with van der Waals surface area (Å²) in [7, 11) is 1.63. The average molecular weight is 191 g/mol. The van der Waals surface area contributed by atoms with Crippen LogP contribution in [0.25, 0.3) is 0 Å². The molecule has 0 aliphatic rings. The highest BCUT2D eigenvalue weighted by Crippen LogP contribution is 1.86. The van der Waals surface area contributed by atoms with Crippen LogP contribution in [0.3, 0.4) is 0 Å². The highest BCUT2D eigenvalue weighted by atomic mass is 32.1. The molecule has 0 saturated heterocycles. The van der Waals surface area contributed by atoms with Crippen molar-refractivity contribution >= 4 is 23.2 Å². The molecule has 0 aromatic carbocycles. The minimum atomic E-state index is -1.07. The molecule has 0 aromatic heterocycles. The third-order valence-electron chi connectivity index (χ3n) is 1.26. The molecule has 70 valence electrons. The summed E-state index contributed by atoms with van der Waals surface area (Å²) in [6.45, 7) is 1.29. The van der Waals surface area contributed by atoms with Gasteiger partial charge in [-0.15, -0.1) is 0 Å². The number of hydrogen-bond donors (Lipinski definition) is 2. The fourth-order valence-corrected chi connectivity index (χ4v) is 0.751. The first-order chi connectivity index (χ1) is 5.68. The van der Waals surface area contributed by atoms with Crippen LogP contribution >= 0.6 is 12.2 Å². The number of methoxy groups -OCH3 is 1. The minimum Gasteiger partial charge on any atom is -0.476 e. The second kappa shape index (κ2) is 7.00. The monoisotopic (exact) mass is 191 g/mol. The van der Waals surface area contributed by atoms with Crippen molar-refractivity contribution in [1.82, 2.24) is 5.32 Å². The van der Waals surface area contributed by atoms with Gasteiger partial charge in [0.05, 0.1) is 0 Å². The second-order valence-corrected chi connectivity index (χ2v) is 2.67. The molecule has 12 heavy (non-hydrogen) atoms. The lowest BCUT2D eigenvalue weighted by Crippen LogP contribution is -2.29. The van der Waals surface area contributed by atoms with E-state index in [1.54, 1.807) is 7.11 Å². The molecule has 0 unspecified atom stereocenters. The Morgan fingerprint density at radius 3 is 2.75 bits per heavy atom. The zero-order chi connectivity index (χ0) is 9.40. The van der Waals surface area contributed by atoms with Gasteiger partial charge in [0.15, 0.2) is 4.99 Å². The molecule has 0 atom stereocenters. The van der Waals surface area contributed by atoms with Crippen molar-refractivity contribution in [3.8, 4) is 0 Å². The van der Waals surface area contributed by atoms with Gasteiger partial charge in [0, 0.05) is 20.3 Å². The Hall–Kier alpha value is -0.680. The number of nitrogens with one attached hydrogen (secondary N) is 1. The topological polar surface area (TPSA) is 58.6 Å². The molecule has 0 bridgehead atoms. The van der Waals surface area contributed by atoms with E-state index >= 15 is 0 Å². The zero-order valence-electron chi connectivity index (χ0n) is 7.00. The third kappa shape index (κ3) is 6.06. The third-order valence-corrected chi connectivity index (χ3v) is 1.57. The number of carbonyl (C=O) groups is 1. The molecule has 0 heterocycles. The summed E-state index contributed by atoms with van der Waals surface area (Å²) in [5.41, 5.74) is 0. The Balaban J connectivity index is 3.20. The average Bonchev–Trinajstić information content (AvgIpc) is 2.03. The fraction of sp³-hybridized carbons (Fsp3) is 0.714. The normalized spacial score (nSPS) is 9.42. The summed E-state index contributed by atoms with van der Waals surface area (Å²) < 4.78 is 4.82. The summed E-state index contributed by atoms with van der Waals surface area (Å²) in [6, 6.07) is 0. The van der Waals surface area contributed by atoms with Gasteiger partial charge in [-0.3, -0.25) is 0 Å². The van der Waals surface area contributed by atoms with E-state index in [1.165, 1.54) is 0 Å². The molecule has 0 amide bonds. The number of thiocarbonyl (C=S) groups is 1. The van der Waals surface area contributed by atoms with E-state index in [9.17, 15) is 4.79 Å². The molecule has 2 N–H and O–H groups in total. The van der Waals surface area contributed by atoms with Crippen molar-refractivity contribution in [2.45, 2.75) is 12.8 Å². The highest BCUT2D eigenvalue weighted by Gasteiger charge is 2.03. The molecule has 0 radical (unpaired) electrons. The van der Waals surface area contributed by atoms with E-state index < -0.39 is 5.97 Å². The summed E-state index contributed by atoms with van der Waals surface area (Å²) in [4.78, 5) is 10.1. The number of carboxylic acids is 1. The molecule has 0 aliphatic heterocycles. The quantitative estimate of drug-likeness (QED) is 0.487. The van der Waals surface area contributed by atoms with Crippen molar-refractivity contribution in [2.24, 2.45) is 0 Å². The van der Waals surface area contributed by atoms with Gasteiger partial charge in [0.25, 0.3) is 0 Å². The van der Waals surface area contributed by atoms with Crippen LogP contribution in [0.2, 0.25) is 0 Å². The van der Waals surface area contributed by atoms with Crippen molar-refractivity contribution < 1.29 is 14.6 Å². The number of ether oxygens (including phenoxy) is 1. The number of carboxylic acid groups (broad SMARTS) is 1. The largest absolute Gasteiger partial charge is 0.476 e. The predicted molar refractivity (Wildman–Crippen MR) is 49.3 cm³/mol. The molecule has 4 nitrogen and oxygen atoms in total. The van der Waals surface area contributed by atoms with Crippen LogP contribution in [0.15, 0.2) is 0 Å². The van der Waals surface area contributed by atoms with Crippen LogP contribution in [0, 0.1) is 0 Å². The number of aliphatic carboxylic acids is 1. The molecular weight excluding hydrogens is 178 g/mol. The number of unbranched alkanes of at least 4 members (excludes halogenated alkanes) is 1. The van der Waals surface area contributed by atoms with E-state index in [1.807, 2.05) is 0 Å². The van der Waals surface area contributed by atoms with Crippen molar-refractivity contribution in [3.05, 3.63) is 0 Å². The van der Waals surface area contributed by atoms with E-state index in [0.717, 1.165) is 12.8 Å². The molecule has 0 fully saturated rings. The summed E-state index contributed by atoms with van der Waals surface area (Å²) in [6.07, 6.45) is 1.77. The van der Waals surface area contributed by atoms with Crippen LogP contribution < -0.4 is 5.32 Å². The second-order valence-electron chi connectivity index (χ2n) is 2.26. The lowest BCUT2D eigenvalue weighted by atomic mass is 10.3. The maximum atomic E-state index is 10.2. The maximum Gasteiger partial charge on any atom is 0.363 e. The van der Waals surface area contributed by atoms with Crippen LogP contribution in [0.1, 0.15) is 12.8 Å². The lowest BCUT2D eigenvalue weighted by molar-refractivity contribution is -0.129. The number of rotatable bonds is 5. The number of hydrogen-bond acceptors (Lipinski definition) is 3. The van der Waals surface area contributed by atoms with Crippen LogP contribution in [-0.2, 0) is 9.53 Å². The molecule has 0 spiro atoms. The Morgan fingerprint density at radius 1 is 1.58 bits per heavy atom. The first-order valence-corrected chi connectivity index (χ1v) is 4.09. The molecule has 0 aromatic rings. The smallest absolute Gasteiger partial charge is 0.363 e. The molecule has 0 saturated carbocycles. The lowest BCUT2D eigenvalue weighted by Gasteiger charge is -2.02. The Labute approximate surface area is 76.9 Å². The SMILES string of the molecule is COCCCCNC(=S)C(=O)O. The van der Waals surface area contributed by atoms with E-state index in [0.29, 0.717) is 13.2 Å². The standard InChI is InChI=1S/C7H13NO3S/c1-11-5-3-2-4-8-6(12)7(9)10/h2-5H2,1H3,(H,8,12)(H,9,10). The zero-order valence-corrected chi connectivity index (χ0v) is 7.82. The highest BCUT2D eigenvalue weighted by molar-refractivity contribution is 7.81. The van der Waals surface area contributed by atoms with Crippen molar-refractivity contribution in [2.75, 3.05) is 20.3 Å². The fourth-order valence-electron chi connectivity index (χ4n) is 0.649. The van der Waals surface area contributed by atoms with E-state index in [-0.39, 0.29) is 4.99 Å². The van der Waals surface area contributed by atoms with Gasteiger partial charge in [0.2, 0.25) is 0 Å². The van der Waals surface area contributed by atoms with Gasteiger partial charge in [-0.1, -0.05) is 12.2 Å². The Kier molecular flexibility index (Phi) is 6.60. The Bertz CT molecular complexity index is 161. The van der Waals surface area contributed by atoms with E-state index in [2.05, 4.69) is 17.5 Å². The van der Waals surface area contributed by atoms with Gasteiger partial charge in [-0.25, -0.2) is 4.79 Å². The molecular formula is C7H13NO3S. The molecule has 0 rings (SSSR count). The Morgan fingerprint density at radius 2 is 2.25 bits per heavy atom. The summed E-state index contributed by atoms with van der Waals surface area (Å²) >= 11 is 4.51. The van der Waals surface area contributed by atoms with Gasteiger partial charge in [-0.05, 0) is 12.8 Å². The van der Waals surface area contributed by atoms with Crippen molar-refractivity contribution in [3.63, 3.8) is 0 Å². The van der Waals surface area contributed by atoms with Crippen molar-refractivity contribution in [1.29, 1.82) is 0 Å². The summed E-state index contributed by atoms with van der Waals surface area (Å²) in [5, 5.41) is 11.0. The van der Waals surface area contributed by atoms with Crippen LogP contribution in [-0.4, -0.2) is 36.3 Å². The molecule has 0 aliphatic carbocycles.